The Morgan fingerprint density at radius 1 is 1.43 bits per heavy atom. The number of nitrogens with zero attached hydrogens (tertiary/aromatic N) is 3. The van der Waals surface area contributed by atoms with Gasteiger partial charge in [-0.25, -0.2) is 14.4 Å². The lowest BCUT2D eigenvalue weighted by Gasteiger charge is -2.19. The molecule has 0 aliphatic heterocycles. The summed E-state index contributed by atoms with van der Waals surface area (Å²) in [5, 5.41) is 0. The van der Waals surface area contributed by atoms with Crippen molar-refractivity contribution in [1.29, 1.82) is 0 Å². The highest BCUT2D eigenvalue weighted by Crippen LogP contribution is 2.06. The predicted octanol–water partition coefficient (Wildman–Crippen LogP) is 0.791. The molecule has 14 heavy (non-hydrogen) atoms. The fourth-order valence-corrected chi connectivity index (χ4v) is 1.15. The third-order valence-corrected chi connectivity index (χ3v) is 1.90. The van der Waals surface area contributed by atoms with E-state index in [0.29, 0.717) is 12.5 Å². The molecule has 0 fully saturated rings. The maximum Gasteiger partial charge on any atom is 0.225 e. The molecule has 0 aliphatic rings. The predicted molar refractivity (Wildman–Crippen MR) is 53.5 cm³/mol. The van der Waals surface area contributed by atoms with Gasteiger partial charge >= 0.3 is 0 Å². The third kappa shape index (κ3) is 2.92. The van der Waals surface area contributed by atoms with Gasteiger partial charge in [0.25, 0.3) is 0 Å². The molecule has 1 aromatic rings. The van der Waals surface area contributed by atoms with Crippen molar-refractivity contribution >= 4 is 5.95 Å². The van der Waals surface area contributed by atoms with Crippen molar-refractivity contribution in [3.8, 4) is 0 Å². The monoisotopic (exact) mass is 198 g/mol. The van der Waals surface area contributed by atoms with Crippen LogP contribution >= 0.6 is 0 Å². The van der Waals surface area contributed by atoms with Crippen molar-refractivity contribution in [2.75, 3.05) is 24.5 Å². The molecule has 0 radical (unpaired) electrons. The lowest BCUT2D eigenvalue weighted by molar-refractivity contribution is 0.610. The zero-order valence-corrected chi connectivity index (χ0v) is 8.28. The largest absolute Gasteiger partial charge is 0.341 e. The molecule has 0 amide bonds. The SMILES string of the molecule is CCN(CCCN)c1ncc(F)cn1. The molecule has 0 unspecified atom stereocenters. The van der Waals surface area contributed by atoms with Gasteiger partial charge in [-0.1, -0.05) is 0 Å². The van der Waals surface area contributed by atoms with E-state index in [4.69, 9.17) is 5.73 Å². The van der Waals surface area contributed by atoms with Crippen LogP contribution in [-0.2, 0) is 0 Å². The molecule has 0 atom stereocenters. The van der Waals surface area contributed by atoms with Gasteiger partial charge < -0.3 is 10.6 Å². The van der Waals surface area contributed by atoms with Gasteiger partial charge in [-0.15, -0.1) is 0 Å². The van der Waals surface area contributed by atoms with E-state index in [1.165, 1.54) is 12.4 Å². The lowest BCUT2D eigenvalue weighted by atomic mass is 10.4. The van der Waals surface area contributed by atoms with Crippen LogP contribution in [0.2, 0.25) is 0 Å². The van der Waals surface area contributed by atoms with E-state index in [1.807, 2.05) is 11.8 Å². The molecule has 1 rings (SSSR count). The number of halogens is 1. The first kappa shape index (κ1) is 10.8. The maximum absolute atomic E-state index is 12.5. The van der Waals surface area contributed by atoms with Gasteiger partial charge in [0.05, 0.1) is 12.4 Å². The smallest absolute Gasteiger partial charge is 0.225 e. The maximum atomic E-state index is 12.5. The van der Waals surface area contributed by atoms with E-state index in [-0.39, 0.29) is 0 Å². The van der Waals surface area contributed by atoms with Gasteiger partial charge in [-0.3, -0.25) is 0 Å². The van der Waals surface area contributed by atoms with E-state index in [0.717, 1.165) is 19.5 Å². The molecule has 0 bridgehead atoms. The number of hydrogen-bond donors (Lipinski definition) is 1. The Labute approximate surface area is 83.0 Å². The minimum absolute atomic E-state index is 0.413. The minimum atomic E-state index is -0.413. The van der Waals surface area contributed by atoms with Crippen LogP contribution in [0.4, 0.5) is 10.3 Å². The topological polar surface area (TPSA) is 55.0 Å². The van der Waals surface area contributed by atoms with Crippen molar-refractivity contribution in [2.24, 2.45) is 5.73 Å². The first-order valence-electron chi connectivity index (χ1n) is 4.70. The van der Waals surface area contributed by atoms with Crippen molar-refractivity contribution in [1.82, 2.24) is 9.97 Å². The standard InChI is InChI=1S/C9H15FN4/c1-2-14(5-3-4-11)9-12-6-8(10)7-13-9/h6-7H,2-5,11H2,1H3. The van der Waals surface area contributed by atoms with Crippen molar-refractivity contribution in [3.63, 3.8) is 0 Å². The molecule has 1 heterocycles. The second-order valence-corrected chi connectivity index (χ2v) is 2.92. The van der Waals surface area contributed by atoms with E-state index >= 15 is 0 Å². The summed E-state index contributed by atoms with van der Waals surface area (Å²) in [6.07, 6.45) is 3.23. The molecule has 0 aliphatic carbocycles. The summed E-state index contributed by atoms with van der Waals surface area (Å²) in [7, 11) is 0. The van der Waals surface area contributed by atoms with Crippen LogP contribution in [0.25, 0.3) is 0 Å². The minimum Gasteiger partial charge on any atom is -0.341 e. The molecule has 2 N–H and O–H groups in total. The van der Waals surface area contributed by atoms with E-state index in [1.54, 1.807) is 0 Å². The Morgan fingerprint density at radius 2 is 2.07 bits per heavy atom. The van der Waals surface area contributed by atoms with Crippen molar-refractivity contribution < 1.29 is 4.39 Å². The summed E-state index contributed by atoms with van der Waals surface area (Å²) in [6, 6.07) is 0. The van der Waals surface area contributed by atoms with E-state index < -0.39 is 5.82 Å². The molecule has 0 saturated heterocycles. The summed E-state index contributed by atoms with van der Waals surface area (Å²) < 4.78 is 12.5. The van der Waals surface area contributed by atoms with E-state index in [2.05, 4.69) is 9.97 Å². The van der Waals surface area contributed by atoms with Crippen LogP contribution in [-0.4, -0.2) is 29.6 Å². The van der Waals surface area contributed by atoms with Crippen LogP contribution < -0.4 is 10.6 Å². The van der Waals surface area contributed by atoms with Gasteiger partial charge in [-0.05, 0) is 19.9 Å². The molecular weight excluding hydrogens is 183 g/mol. The molecule has 0 spiro atoms. The highest BCUT2D eigenvalue weighted by atomic mass is 19.1. The van der Waals surface area contributed by atoms with Crippen molar-refractivity contribution in [2.45, 2.75) is 13.3 Å². The number of hydrogen-bond acceptors (Lipinski definition) is 4. The summed E-state index contributed by atoms with van der Waals surface area (Å²) in [5.74, 6) is 0.144. The third-order valence-electron chi connectivity index (χ3n) is 1.90. The summed E-state index contributed by atoms with van der Waals surface area (Å²) in [4.78, 5) is 9.77. The van der Waals surface area contributed by atoms with Crippen LogP contribution in [0.1, 0.15) is 13.3 Å². The normalized spacial score (nSPS) is 10.2. The first-order valence-corrected chi connectivity index (χ1v) is 4.70. The Kier molecular flexibility index (Phi) is 4.25. The molecule has 1 aromatic heterocycles. The molecule has 5 heteroatoms. The number of rotatable bonds is 5. The second kappa shape index (κ2) is 5.49. The average Bonchev–Trinajstić information content (AvgIpc) is 2.21. The molecule has 0 aromatic carbocycles. The van der Waals surface area contributed by atoms with Gasteiger partial charge in [0.2, 0.25) is 5.95 Å². The molecule has 4 nitrogen and oxygen atoms in total. The summed E-state index contributed by atoms with van der Waals surface area (Å²) in [6.45, 7) is 4.24. The lowest BCUT2D eigenvalue weighted by Crippen LogP contribution is -2.27. The average molecular weight is 198 g/mol. The van der Waals surface area contributed by atoms with Crippen LogP contribution in [0.5, 0.6) is 0 Å². The fraction of sp³-hybridized carbons (Fsp3) is 0.556. The zero-order chi connectivity index (χ0) is 10.4. The fourth-order valence-electron chi connectivity index (χ4n) is 1.15. The Morgan fingerprint density at radius 3 is 2.57 bits per heavy atom. The number of aromatic nitrogens is 2. The van der Waals surface area contributed by atoms with Crippen molar-refractivity contribution in [3.05, 3.63) is 18.2 Å². The van der Waals surface area contributed by atoms with Crippen LogP contribution in [0, 0.1) is 5.82 Å². The first-order chi connectivity index (χ1) is 6.77. The van der Waals surface area contributed by atoms with E-state index in [9.17, 15) is 4.39 Å². The summed E-state index contributed by atoms with van der Waals surface area (Å²) >= 11 is 0. The Bertz CT molecular complexity index is 262. The van der Waals surface area contributed by atoms with Gasteiger partial charge in [0, 0.05) is 13.1 Å². The Balaban J connectivity index is 2.64. The van der Waals surface area contributed by atoms with Gasteiger partial charge in [-0.2, -0.15) is 0 Å². The number of nitrogens with two attached hydrogens (primary N) is 1. The quantitative estimate of drug-likeness (QED) is 0.760. The molecular formula is C9H15FN4. The molecule has 78 valence electrons. The highest BCUT2D eigenvalue weighted by Gasteiger charge is 2.05. The Hall–Kier alpha value is -1.23. The van der Waals surface area contributed by atoms with Gasteiger partial charge in [0.1, 0.15) is 0 Å². The van der Waals surface area contributed by atoms with Crippen LogP contribution in [0.3, 0.4) is 0 Å². The zero-order valence-electron chi connectivity index (χ0n) is 8.28. The highest BCUT2D eigenvalue weighted by molar-refractivity contribution is 5.27. The van der Waals surface area contributed by atoms with Gasteiger partial charge in [0.15, 0.2) is 5.82 Å². The number of anilines is 1. The molecule has 0 saturated carbocycles. The second-order valence-electron chi connectivity index (χ2n) is 2.92. The summed E-state index contributed by atoms with van der Waals surface area (Å²) in [5.41, 5.74) is 5.41. The van der Waals surface area contributed by atoms with Crippen LogP contribution in [0.15, 0.2) is 12.4 Å².